The van der Waals surface area contributed by atoms with Gasteiger partial charge in [-0.15, -0.1) is 0 Å². The van der Waals surface area contributed by atoms with Crippen molar-refractivity contribution in [1.82, 2.24) is 0 Å². The van der Waals surface area contributed by atoms with Gasteiger partial charge >= 0.3 is 0 Å². The summed E-state index contributed by atoms with van der Waals surface area (Å²) < 4.78 is 19.6. The summed E-state index contributed by atoms with van der Waals surface area (Å²) >= 11 is -1.89. The van der Waals surface area contributed by atoms with Gasteiger partial charge in [0, 0.05) is 0 Å². The van der Waals surface area contributed by atoms with Crippen LogP contribution in [0.3, 0.4) is 0 Å². The molecule has 0 radical (unpaired) electrons. The fourth-order valence-corrected chi connectivity index (χ4v) is 1.49. The SMILES string of the molecule is C/C=C\c1ccccc1S(=O)O. The van der Waals surface area contributed by atoms with Crippen molar-refractivity contribution in [1.29, 1.82) is 0 Å². The summed E-state index contributed by atoms with van der Waals surface area (Å²) in [5.41, 5.74) is 0.792. The predicted molar refractivity (Wildman–Crippen MR) is 50.2 cm³/mol. The summed E-state index contributed by atoms with van der Waals surface area (Å²) in [6, 6.07) is 7.04. The standard InChI is InChI=1S/C9H10O2S/c1-2-5-8-6-3-4-7-9(8)12(10)11/h2-7H,1H3,(H,10,11)/b5-2-. The fraction of sp³-hybridized carbons (Fsp3) is 0.111. The first-order valence-corrected chi connectivity index (χ1v) is 4.69. The van der Waals surface area contributed by atoms with Crippen LogP contribution in [0.15, 0.2) is 35.2 Å². The molecular weight excluding hydrogens is 172 g/mol. The van der Waals surface area contributed by atoms with E-state index in [1.54, 1.807) is 12.1 Å². The van der Waals surface area contributed by atoms with Crippen molar-refractivity contribution in [3.05, 3.63) is 35.9 Å². The molecule has 2 nitrogen and oxygen atoms in total. The fourth-order valence-electron chi connectivity index (χ4n) is 0.957. The Morgan fingerprint density at radius 2 is 2.08 bits per heavy atom. The zero-order valence-corrected chi connectivity index (χ0v) is 7.54. The zero-order chi connectivity index (χ0) is 8.97. The molecule has 1 rings (SSSR count). The lowest BCUT2D eigenvalue weighted by molar-refractivity contribution is 0.564. The Hall–Kier alpha value is -0.930. The Bertz CT molecular complexity index is 318. The molecule has 0 heterocycles. The van der Waals surface area contributed by atoms with Gasteiger partial charge < -0.3 is 4.55 Å². The number of hydrogen-bond acceptors (Lipinski definition) is 1. The Morgan fingerprint density at radius 1 is 1.42 bits per heavy atom. The van der Waals surface area contributed by atoms with E-state index in [2.05, 4.69) is 0 Å². The monoisotopic (exact) mass is 182 g/mol. The summed E-state index contributed by atoms with van der Waals surface area (Å²) in [4.78, 5) is 0.454. The molecule has 0 fully saturated rings. The summed E-state index contributed by atoms with van der Waals surface area (Å²) in [5.74, 6) is 0. The number of rotatable bonds is 2. The third-order valence-electron chi connectivity index (χ3n) is 1.45. The van der Waals surface area contributed by atoms with Gasteiger partial charge in [0.1, 0.15) is 0 Å². The van der Waals surface area contributed by atoms with E-state index >= 15 is 0 Å². The summed E-state index contributed by atoms with van der Waals surface area (Å²) in [6.45, 7) is 1.87. The predicted octanol–water partition coefficient (Wildman–Crippen LogP) is 2.30. The van der Waals surface area contributed by atoms with Gasteiger partial charge in [-0.1, -0.05) is 30.4 Å². The number of hydrogen-bond donors (Lipinski definition) is 1. The van der Waals surface area contributed by atoms with Crippen molar-refractivity contribution < 1.29 is 8.76 Å². The van der Waals surface area contributed by atoms with Crippen molar-refractivity contribution in [3.63, 3.8) is 0 Å². The number of allylic oxidation sites excluding steroid dienone is 1. The van der Waals surface area contributed by atoms with E-state index in [1.165, 1.54) is 0 Å². The molecule has 0 spiro atoms. The molecule has 1 aromatic rings. The molecule has 1 atom stereocenters. The third kappa shape index (κ3) is 2.03. The molecule has 0 aliphatic heterocycles. The van der Waals surface area contributed by atoms with Crippen LogP contribution in [-0.4, -0.2) is 8.76 Å². The lowest BCUT2D eigenvalue weighted by Crippen LogP contribution is -1.90. The summed E-state index contributed by atoms with van der Waals surface area (Å²) in [6.07, 6.45) is 3.65. The lowest BCUT2D eigenvalue weighted by atomic mass is 10.2. The van der Waals surface area contributed by atoms with Crippen molar-refractivity contribution >= 4 is 17.2 Å². The molecule has 12 heavy (non-hydrogen) atoms. The second-order valence-corrected chi connectivity index (χ2v) is 3.23. The second-order valence-electron chi connectivity index (χ2n) is 2.29. The Kier molecular flexibility index (Phi) is 3.19. The van der Waals surface area contributed by atoms with Crippen LogP contribution in [0.5, 0.6) is 0 Å². The quantitative estimate of drug-likeness (QED) is 0.712. The van der Waals surface area contributed by atoms with E-state index in [-0.39, 0.29) is 0 Å². The summed E-state index contributed by atoms with van der Waals surface area (Å²) in [5, 5.41) is 0. The minimum atomic E-state index is -1.89. The normalized spacial score (nSPS) is 13.5. The molecule has 1 aromatic carbocycles. The molecule has 0 amide bonds. The van der Waals surface area contributed by atoms with Crippen molar-refractivity contribution in [2.75, 3.05) is 0 Å². The van der Waals surface area contributed by atoms with Crippen LogP contribution in [0.1, 0.15) is 12.5 Å². The third-order valence-corrected chi connectivity index (χ3v) is 2.20. The second kappa shape index (κ2) is 4.18. The van der Waals surface area contributed by atoms with Crippen LogP contribution in [0.4, 0.5) is 0 Å². The topological polar surface area (TPSA) is 37.3 Å². The van der Waals surface area contributed by atoms with Crippen molar-refractivity contribution in [2.24, 2.45) is 0 Å². The van der Waals surface area contributed by atoms with Crippen LogP contribution in [-0.2, 0) is 11.1 Å². The van der Waals surface area contributed by atoms with Gasteiger partial charge in [0.25, 0.3) is 0 Å². The molecule has 0 aromatic heterocycles. The highest BCUT2D eigenvalue weighted by Crippen LogP contribution is 2.13. The Balaban J connectivity index is 3.17. The van der Waals surface area contributed by atoms with Crippen LogP contribution < -0.4 is 0 Å². The highest BCUT2D eigenvalue weighted by Gasteiger charge is 2.02. The molecule has 0 aliphatic rings. The molecule has 0 saturated carbocycles. The Morgan fingerprint density at radius 3 is 2.67 bits per heavy atom. The molecule has 64 valence electrons. The summed E-state index contributed by atoms with van der Waals surface area (Å²) in [7, 11) is 0. The molecular formula is C9H10O2S. The minimum absolute atomic E-state index is 0.454. The van der Waals surface area contributed by atoms with Gasteiger partial charge in [0.05, 0.1) is 4.90 Å². The largest absolute Gasteiger partial charge is 0.302 e. The molecule has 0 aliphatic carbocycles. The molecule has 1 unspecified atom stereocenters. The van der Waals surface area contributed by atoms with E-state index in [1.807, 2.05) is 31.2 Å². The highest BCUT2D eigenvalue weighted by molar-refractivity contribution is 7.79. The maximum absolute atomic E-state index is 10.8. The first-order chi connectivity index (χ1) is 5.75. The lowest BCUT2D eigenvalue weighted by Gasteiger charge is -1.99. The maximum atomic E-state index is 10.8. The molecule has 3 heteroatoms. The van der Waals surface area contributed by atoms with Gasteiger partial charge in [-0.25, -0.2) is 4.21 Å². The van der Waals surface area contributed by atoms with E-state index in [9.17, 15) is 4.21 Å². The Labute approximate surface area is 74.2 Å². The van der Waals surface area contributed by atoms with Gasteiger partial charge in [-0.2, -0.15) is 0 Å². The number of benzene rings is 1. The van der Waals surface area contributed by atoms with Crippen molar-refractivity contribution in [2.45, 2.75) is 11.8 Å². The maximum Gasteiger partial charge on any atom is 0.187 e. The van der Waals surface area contributed by atoms with Gasteiger partial charge in [0.2, 0.25) is 0 Å². The van der Waals surface area contributed by atoms with E-state index < -0.39 is 11.1 Å². The van der Waals surface area contributed by atoms with Crippen LogP contribution >= 0.6 is 0 Å². The molecule has 0 saturated heterocycles. The first-order valence-electron chi connectivity index (χ1n) is 3.58. The zero-order valence-electron chi connectivity index (χ0n) is 6.73. The highest BCUT2D eigenvalue weighted by atomic mass is 32.2. The van der Waals surface area contributed by atoms with Gasteiger partial charge in [-0.3, -0.25) is 0 Å². The molecule has 1 N–H and O–H groups in total. The van der Waals surface area contributed by atoms with Crippen LogP contribution in [0.25, 0.3) is 6.08 Å². The van der Waals surface area contributed by atoms with Crippen molar-refractivity contribution in [3.8, 4) is 0 Å². The van der Waals surface area contributed by atoms with E-state index in [0.717, 1.165) is 5.56 Å². The minimum Gasteiger partial charge on any atom is -0.302 e. The average Bonchev–Trinajstić information content (AvgIpc) is 2.05. The van der Waals surface area contributed by atoms with E-state index in [0.29, 0.717) is 4.90 Å². The van der Waals surface area contributed by atoms with E-state index in [4.69, 9.17) is 4.55 Å². The van der Waals surface area contributed by atoms with Gasteiger partial charge in [0.15, 0.2) is 11.1 Å². The van der Waals surface area contributed by atoms with Crippen LogP contribution in [0, 0.1) is 0 Å². The first kappa shape index (κ1) is 9.16. The molecule has 0 bridgehead atoms. The van der Waals surface area contributed by atoms with Gasteiger partial charge in [-0.05, 0) is 18.6 Å². The average molecular weight is 182 g/mol. The van der Waals surface area contributed by atoms with Crippen LogP contribution in [0.2, 0.25) is 0 Å². The smallest absolute Gasteiger partial charge is 0.187 e.